The molecule has 0 N–H and O–H groups in total. The number of nitro groups is 1. The van der Waals surface area contributed by atoms with Crippen molar-refractivity contribution in [2.45, 2.75) is 6.42 Å². The number of nitriles is 2. The molecular weight excluding hydrogens is 270 g/mol. The van der Waals surface area contributed by atoms with Crippen molar-refractivity contribution in [3.63, 3.8) is 0 Å². The number of nitrogens with zero attached hydrogens (tertiary/aromatic N) is 3. The maximum atomic E-state index is 10.7. The van der Waals surface area contributed by atoms with Crippen LogP contribution >= 0.6 is 0 Å². The molecule has 0 saturated carbocycles. The Morgan fingerprint density at radius 2 is 1.76 bits per heavy atom. The lowest BCUT2D eigenvalue weighted by molar-refractivity contribution is -0.385. The summed E-state index contributed by atoms with van der Waals surface area (Å²) in [5.41, 5.74) is 0.555. The van der Waals surface area contributed by atoms with Gasteiger partial charge in [-0.15, -0.1) is 0 Å². The number of hydrogen-bond acceptors (Lipinski definition) is 5. The van der Waals surface area contributed by atoms with Crippen LogP contribution in [0.3, 0.4) is 0 Å². The Bertz CT molecular complexity index is 755. The van der Waals surface area contributed by atoms with Crippen LogP contribution in [0.4, 0.5) is 5.69 Å². The molecule has 102 valence electrons. The standard InChI is InChI=1S/C15H9N3O3/c16-8-7-11-1-3-13(4-2-11)21-14-5-6-15(18(19)20)12(9-14)10-17/h1-6,9H,7H2. The molecule has 0 bridgehead atoms. The van der Waals surface area contributed by atoms with Crippen LogP contribution in [0, 0.1) is 32.8 Å². The normalized spacial score (nSPS) is 9.43. The van der Waals surface area contributed by atoms with Crippen molar-refractivity contribution < 1.29 is 9.66 Å². The average molecular weight is 279 g/mol. The van der Waals surface area contributed by atoms with Gasteiger partial charge in [0, 0.05) is 12.1 Å². The molecular formula is C15H9N3O3. The van der Waals surface area contributed by atoms with E-state index in [4.69, 9.17) is 15.3 Å². The third-order valence-corrected chi connectivity index (χ3v) is 2.73. The highest BCUT2D eigenvalue weighted by atomic mass is 16.6. The van der Waals surface area contributed by atoms with E-state index >= 15 is 0 Å². The molecule has 6 nitrogen and oxygen atoms in total. The second kappa shape index (κ2) is 6.18. The molecule has 0 aliphatic rings. The van der Waals surface area contributed by atoms with Gasteiger partial charge in [0.05, 0.1) is 17.4 Å². The van der Waals surface area contributed by atoms with Crippen LogP contribution in [0.15, 0.2) is 42.5 Å². The van der Waals surface area contributed by atoms with Crippen LogP contribution in [0.5, 0.6) is 11.5 Å². The Labute approximate surface area is 120 Å². The lowest BCUT2D eigenvalue weighted by Gasteiger charge is -2.06. The van der Waals surface area contributed by atoms with Crippen molar-refractivity contribution in [2.75, 3.05) is 0 Å². The molecule has 2 rings (SSSR count). The number of nitro benzene ring substituents is 1. The van der Waals surface area contributed by atoms with E-state index in [1.165, 1.54) is 18.2 Å². The summed E-state index contributed by atoms with van der Waals surface area (Å²) in [6, 6.07) is 14.7. The van der Waals surface area contributed by atoms with Gasteiger partial charge in [0.1, 0.15) is 23.1 Å². The molecule has 21 heavy (non-hydrogen) atoms. The molecule has 0 atom stereocenters. The first-order chi connectivity index (χ1) is 10.1. The maximum Gasteiger partial charge on any atom is 0.287 e. The van der Waals surface area contributed by atoms with Gasteiger partial charge in [0.15, 0.2) is 0 Å². The predicted octanol–water partition coefficient (Wildman–Crippen LogP) is 3.32. The largest absolute Gasteiger partial charge is 0.457 e. The number of rotatable bonds is 4. The number of benzene rings is 2. The Morgan fingerprint density at radius 1 is 1.10 bits per heavy atom. The molecule has 0 saturated heterocycles. The van der Waals surface area contributed by atoms with Crippen LogP contribution in [-0.4, -0.2) is 4.92 Å². The molecule has 2 aromatic rings. The summed E-state index contributed by atoms with van der Waals surface area (Å²) in [6.45, 7) is 0. The van der Waals surface area contributed by atoms with E-state index in [1.807, 2.05) is 6.07 Å². The molecule has 0 aromatic heterocycles. The fourth-order valence-corrected chi connectivity index (χ4v) is 1.73. The molecule has 0 aliphatic heterocycles. The van der Waals surface area contributed by atoms with Crippen molar-refractivity contribution in [3.05, 3.63) is 63.7 Å². The second-order valence-electron chi connectivity index (χ2n) is 4.13. The fourth-order valence-electron chi connectivity index (χ4n) is 1.73. The fraction of sp³-hybridized carbons (Fsp3) is 0.0667. The van der Waals surface area contributed by atoms with Gasteiger partial charge in [-0.1, -0.05) is 12.1 Å². The lowest BCUT2D eigenvalue weighted by atomic mass is 10.1. The zero-order chi connectivity index (χ0) is 15.2. The van der Waals surface area contributed by atoms with Crippen molar-refractivity contribution in [1.82, 2.24) is 0 Å². The second-order valence-corrected chi connectivity index (χ2v) is 4.13. The zero-order valence-electron chi connectivity index (χ0n) is 10.8. The van der Waals surface area contributed by atoms with Crippen LogP contribution < -0.4 is 4.74 Å². The third kappa shape index (κ3) is 3.34. The lowest BCUT2D eigenvalue weighted by Crippen LogP contribution is -1.93. The van der Waals surface area contributed by atoms with Crippen molar-refractivity contribution in [1.29, 1.82) is 10.5 Å². The highest BCUT2D eigenvalue weighted by Crippen LogP contribution is 2.27. The van der Waals surface area contributed by atoms with Crippen LogP contribution in [-0.2, 0) is 6.42 Å². The predicted molar refractivity (Wildman–Crippen MR) is 73.6 cm³/mol. The highest BCUT2D eigenvalue weighted by Gasteiger charge is 2.14. The summed E-state index contributed by atoms with van der Waals surface area (Å²) in [5.74, 6) is 0.861. The van der Waals surface area contributed by atoms with Gasteiger partial charge in [-0.05, 0) is 23.8 Å². The minimum Gasteiger partial charge on any atom is -0.457 e. The Kier molecular flexibility index (Phi) is 4.13. The molecule has 6 heteroatoms. The van der Waals surface area contributed by atoms with Crippen molar-refractivity contribution in [2.24, 2.45) is 0 Å². The molecule has 0 amide bonds. The van der Waals surface area contributed by atoms with E-state index in [2.05, 4.69) is 0 Å². The first kappa shape index (κ1) is 14.0. The van der Waals surface area contributed by atoms with Gasteiger partial charge in [0.25, 0.3) is 5.69 Å². The summed E-state index contributed by atoms with van der Waals surface area (Å²) in [7, 11) is 0. The minimum absolute atomic E-state index is 0.0569. The summed E-state index contributed by atoms with van der Waals surface area (Å²) in [5, 5.41) is 28.2. The van der Waals surface area contributed by atoms with E-state index < -0.39 is 4.92 Å². The molecule has 0 spiro atoms. The zero-order valence-corrected chi connectivity index (χ0v) is 10.8. The molecule has 2 aromatic carbocycles. The molecule has 0 unspecified atom stereocenters. The van der Waals surface area contributed by atoms with E-state index in [9.17, 15) is 10.1 Å². The highest BCUT2D eigenvalue weighted by molar-refractivity contribution is 5.52. The van der Waals surface area contributed by atoms with E-state index in [1.54, 1.807) is 30.3 Å². The Balaban J connectivity index is 2.22. The number of hydrogen-bond donors (Lipinski definition) is 0. The van der Waals surface area contributed by atoms with E-state index in [0.717, 1.165) is 5.56 Å². The van der Waals surface area contributed by atoms with Crippen LogP contribution in [0.1, 0.15) is 11.1 Å². The van der Waals surface area contributed by atoms with Crippen LogP contribution in [0.2, 0.25) is 0 Å². The Morgan fingerprint density at radius 3 is 2.33 bits per heavy atom. The smallest absolute Gasteiger partial charge is 0.287 e. The van der Waals surface area contributed by atoms with Gasteiger partial charge in [0.2, 0.25) is 0 Å². The van der Waals surface area contributed by atoms with Crippen LogP contribution in [0.25, 0.3) is 0 Å². The minimum atomic E-state index is -0.612. The van der Waals surface area contributed by atoms with E-state index in [-0.39, 0.29) is 11.3 Å². The van der Waals surface area contributed by atoms with Crippen molar-refractivity contribution in [3.8, 4) is 23.6 Å². The summed E-state index contributed by atoms with van der Waals surface area (Å²) in [6.07, 6.45) is 0.316. The molecule has 0 aliphatic carbocycles. The quantitative estimate of drug-likeness (QED) is 0.631. The Hall–Kier alpha value is -3.38. The van der Waals surface area contributed by atoms with Gasteiger partial charge in [-0.25, -0.2) is 0 Å². The average Bonchev–Trinajstić information content (AvgIpc) is 2.49. The molecule has 0 radical (unpaired) electrons. The van der Waals surface area contributed by atoms with Gasteiger partial charge in [-0.2, -0.15) is 10.5 Å². The van der Waals surface area contributed by atoms with Gasteiger partial charge >= 0.3 is 0 Å². The molecule has 0 fully saturated rings. The van der Waals surface area contributed by atoms with E-state index in [0.29, 0.717) is 17.9 Å². The topological polar surface area (TPSA) is 99.9 Å². The van der Waals surface area contributed by atoms with Gasteiger partial charge < -0.3 is 4.74 Å². The number of ether oxygens (including phenoxy) is 1. The monoisotopic (exact) mass is 279 g/mol. The van der Waals surface area contributed by atoms with Crippen molar-refractivity contribution >= 4 is 5.69 Å². The maximum absolute atomic E-state index is 10.7. The first-order valence-electron chi connectivity index (χ1n) is 5.96. The SMILES string of the molecule is N#CCc1ccc(Oc2ccc([N+](=O)[O-])c(C#N)c2)cc1. The summed E-state index contributed by atoms with van der Waals surface area (Å²) in [4.78, 5) is 10.1. The summed E-state index contributed by atoms with van der Waals surface area (Å²) < 4.78 is 5.53. The van der Waals surface area contributed by atoms with Gasteiger partial charge in [-0.3, -0.25) is 10.1 Å². The first-order valence-corrected chi connectivity index (χ1v) is 5.96. The molecule has 0 heterocycles. The summed E-state index contributed by atoms with van der Waals surface area (Å²) >= 11 is 0. The third-order valence-electron chi connectivity index (χ3n) is 2.73.